The summed E-state index contributed by atoms with van der Waals surface area (Å²) < 4.78 is 26.2. The van der Waals surface area contributed by atoms with E-state index in [1.165, 1.54) is 4.31 Å². The van der Waals surface area contributed by atoms with E-state index in [4.69, 9.17) is 11.6 Å². The Morgan fingerprint density at radius 2 is 1.76 bits per heavy atom. The molecule has 34 heavy (non-hydrogen) atoms. The molecule has 0 unspecified atom stereocenters. The maximum absolute atomic E-state index is 13.2. The van der Waals surface area contributed by atoms with Crippen LogP contribution in [-0.4, -0.2) is 50.5 Å². The Labute approximate surface area is 208 Å². The van der Waals surface area contributed by atoms with E-state index >= 15 is 0 Å². The number of hydrogen-bond acceptors (Lipinski definition) is 4. The number of carbonyl (C=O) groups is 2. The van der Waals surface area contributed by atoms with Crippen LogP contribution in [0.3, 0.4) is 0 Å². The molecule has 186 valence electrons. The quantitative estimate of drug-likeness (QED) is 0.467. The Hall–Kier alpha value is -2.58. The van der Waals surface area contributed by atoms with Gasteiger partial charge >= 0.3 is 0 Å². The van der Waals surface area contributed by atoms with Crippen molar-refractivity contribution in [3.05, 3.63) is 64.7 Å². The van der Waals surface area contributed by atoms with Crippen molar-refractivity contribution in [1.82, 2.24) is 10.2 Å². The number of nitrogens with one attached hydrogen (secondary N) is 1. The van der Waals surface area contributed by atoms with E-state index < -0.39 is 16.1 Å². The van der Waals surface area contributed by atoms with E-state index in [9.17, 15) is 18.0 Å². The number of rotatable bonds is 12. The molecule has 2 aromatic rings. The highest BCUT2D eigenvalue weighted by Gasteiger charge is 2.26. The molecule has 0 saturated carbocycles. The van der Waals surface area contributed by atoms with Crippen LogP contribution >= 0.6 is 11.6 Å². The number of carbonyl (C=O) groups excluding carboxylic acids is 2. The Morgan fingerprint density at radius 3 is 2.38 bits per heavy atom. The summed E-state index contributed by atoms with van der Waals surface area (Å²) in [5, 5.41) is 3.32. The van der Waals surface area contributed by atoms with Gasteiger partial charge in [-0.1, -0.05) is 54.9 Å². The number of benzene rings is 2. The molecule has 7 nitrogen and oxygen atoms in total. The Balaban J connectivity index is 2.16. The van der Waals surface area contributed by atoms with Crippen LogP contribution < -0.4 is 9.62 Å². The van der Waals surface area contributed by atoms with Gasteiger partial charge in [-0.2, -0.15) is 0 Å². The lowest BCUT2D eigenvalue weighted by molar-refractivity contribution is -0.140. The van der Waals surface area contributed by atoms with Crippen LogP contribution in [0.25, 0.3) is 0 Å². The predicted molar refractivity (Wildman–Crippen MR) is 137 cm³/mol. The van der Waals surface area contributed by atoms with Crippen molar-refractivity contribution in [2.75, 3.05) is 23.7 Å². The average molecular weight is 508 g/mol. The summed E-state index contributed by atoms with van der Waals surface area (Å²) in [6, 6.07) is 13.9. The van der Waals surface area contributed by atoms with Crippen LogP contribution in [0.2, 0.25) is 5.02 Å². The zero-order valence-electron chi connectivity index (χ0n) is 20.3. The third-order valence-electron chi connectivity index (χ3n) is 5.57. The molecule has 0 aromatic heterocycles. The molecule has 2 rings (SSSR count). The maximum Gasteiger partial charge on any atom is 0.242 e. The highest BCUT2D eigenvalue weighted by Crippen LogP contribution is 2.28. The van der Waals surface area contributed by atoms with Gasteiger partial charge in [0, 0.05) is 31.1 Å². The highest BCUT2D eigenvalue weighted by atomic mass is 35.5. The van der Waals surface area contributed by atoms with Crippen molar-refractivity contribution in [1.29, 1.82) is 0 Å². The summed E-state index contributed by atoms with van der Waals surface area (Å²) in [6.45, 7) is 6.40. The molecule has 0 fully saturated rings. The molecule has 0 heterocycles. The third kappa shape index (κ3) is 7.74. The number of amides is 2. The van der Waals surface area contributed by atoms with Gasteiger partial charge in [0.15, 0.2) is 0 Å². The fourth-order valence-electron chi connectivity index (χ4n) is 3.61. The van der Waals surface area contributed by atoms with Crippen LogP contribution in [-0.2, 0) is 26.2 Å². The number of nitrogens with zero attached hydrogens (tertiary/aromatic N) is 2. The average Bonchev–Trinajstić information content (AvgIpc) is 2.80. The van der Waals surface area contributed by atoms with Crippen molar-refractivity contribution >= 4 is 39.1 Å². The monoisotopic (exact) mass is 507 g/mol. The molecule has 1 atom stereocenters. The van der Waals surface area contributed by atoms with Gasteiger partial charge < -0.3 is 10.2 Å². The van der Waals surface area contributed by atoms with Gasteiger partial charge in [-0.3, -0.25) is 13.9 Å². The van der Waals surface area contributed by atoms with Crippen LogP contribution in [0, 0.1) is 6.92 Å². The molecule has 0 spiro atoms. The molecule has 2 aromatic carbocycles. The second-order valence-corrected chi connectivity index (χ2v) is 10.6. The van der Waals surface area contributed by atoms with Gasteiger partial charge in [-0.05, 0) is 49.9 Å². The van der Waals surface area contributed by atoms with E-state index in [1.807, 2.05) is 37.3 Å². The van der Waals surface area contributed by atoms with Gasteiger partial charge in [0.05, 0.1) is 11.9 Å². The normalized spacial score (nSPS) is 12.1. The van der Waals surface area contributed by atoms with Crippen molar-refractivity contribution in [3.8, 4) is 0 Å². The van der Waals surface area contributed by atoms with Gasteiger partial charge in [0.1, 0.15) is 6.04 Å². The molecule has 1 N–H and O–H groups in total. The molecule has 2 amide bonds. The van der Waals surface area contributed by atoms with E-state index in [2.05, 4.69) is 5.32 Å². The molecule has 0 radical (unpaired) electrons. The first-order valence-corrected chi connectivity index (χ1v) is 13.6. The number of hydrogen-bond donors (Lipinski definition) is 1. The number of sulfonamides is 1. The van der Waals surface area contributed by atoms with Crippen LogP contribution in [0.15, 0.2) is 48.5 Å². The van der Waals surface area contributed by atoms with Crippen molar-refractivity contribution < 1.29 is 18.0 Å². The minimum atomic E-state index is -3.58. The zero-order valence-corrected chi connectivity index (χ0v) is 21.8. The third-order valence-corrected chi connectivity index (χ3v) is 7.16. The minimum absolute atomic E-state index is 0.101. The Morgan fingerprint density at radius 1 is 1.09 bits per heavy atom. The van der Waals surface area contributed by atoms with Gasteiger partial charge in [-0.15, -0.1) is 0 Å². The largest absolute Gasteiger partial charge is 0.354 e. The lowest BCUT2D eigenvalue weighted by atomic mass is 10.1. The Bertz CT molecular complexity index is 1080. The Kier molecular flexibility index (Phi) is 10.4. The molecular weight excluding hydrogens is 474 g/mol. The smallest absolute Gasteiger partial charge is 0.242 e. The lowest BCUT2D eigenvalue weighted by Gasteiger charge is -2.29. The SMILES string of the molecule is CCCNC(=O)[C@@H](C)N(Cc1ccccc1)C(=O)CCCN(c1cccc(Cl)c1C)S(C)(=O)=O. The predicted octanol–water partition coefficient (Wildman–Crippen LogP) is 4.14. The van der Waals surface area contributed by atoms with Crippen molar-refractivity contribution in [2.45, 2.75) is 52.6 Å². The fraction of sp³-hybridized carbons (Fsp3) is 0.440. The summed E-state index contributed by atoms with van der Waals surface area (Å²) in [4.78, 5) is 27.4. The summed E-state index contributed by atoms with van der Waals surface area (Å²) in [6.07, 6.45) is 2.34. The van der Waals surface area contributed by atoms with E-state index in [1.54, 1.807) is 36.9 Å². The molecule has 0 aliphatic carbocycles. The first-order valence-electron chi connectivity index (χ1n) is 11.4. The number of halogens is 1. The van der Waals surface area contributed by atoms with Crippen LogP contribution in [0.4, 0.5) is 5.69 Å². The number of anilines is 1. The summed E-state index contributed by atoms with van der Waals surface area (Å²) >= 11 is 6.19. The lowest BCUT2D eigenvalue weighted by Crippen LogP contribution is -2.47. The molecule has 0 saturated heterocycles. The van der Waals surface area contributed by atoms with Gasteiger partial charge in [-0.25, -0.2) is 8.42 Å². The van der Waals surface area contributed by atoms with Gasteiger partial charge in [0.2, 0.25) is 21.8 Å². The molecule has 0 bridgehead atoms. The molecular formula is C25H34ClN3O4S. The minimum Gasteiger partial charge on any atom is -0.354 e. The van der Waals surface area contributed by atoms with Crippen molar-refractivity contribution in [3.63, 3.8) is 0 Å². The zero-order chi connectivity index (χ0) is 25.3. The van der Waals surface area contributed by atoms with E-state index in [0.717, 1.165) is 18.2 Å². The highest BCUT2D eigenvalue weighted by molar-refractivity contribution is 7.92. The van der Waals surface area contributed by atoms with Crippen LogP contribution in [0.5, 0.6) is 0 Å². The summed E-state index contributed by atoms with van der Waals surface area (Å²) in [5.74, 6) is -0.419. The molecule has 9 heteroatoms. The van der Waals surface area contributed by atoms with E-state index in [0.29, 0.717) is 35.8 Å². The first kappa shape index (κ1) is 27.7. The van der Waals surface area contributed by atoms with E-state index in [-0.39, 0.29) is 24.8 Å². The maximum atomic E-state index is 13.2. The topological polar surface area (TPSA) is 86.8 Å². The van der Waals surface area contributed by atoms with Crippen LogP contribution in [0.1, 0.15) is 44.2 Å². The molecule has 0 aliphatic heterocycles. The fourth-order valence-corrected chi connectivity index (χ4v) is 4.79. The summed E-state index contributed by atoms with van der Waals surface area (Å²) in [5.41, 5.74) is 2.07. The first-order chi connectivity index (χ1) is 16.1. The second kappa shape index (κ2) is 12.8. The molecule has 0 aliphatic rings. The second-order valence-electron chi connectivity index (χ2n) is 8.30. The summed E-state index contributed by atoms with van der Waals surface area (Å²) in [7, 11) is -3.58. The standard InChI is InChI=1S/C25H34ClN3O4S/c1-5-16-27-25(31)20(3)28(18-21-11-7-6-8-12-21)24(30)15-10-17-29(34(4,32)33)23-14-9-13-22(26)19(23)2/h6-9,11-14,20H,5,10,15-18H2,1-4H3,(H,27,31)/t20-/m1/s1. The van der Waals surface area contributed by atoms with Gasteiger partial charge in [0.25, 0.3) is 0 Å². The van der Waals surface area contributed by atoms with Crippen molar-refractivity contribution in [2.24, 2.45) is 0 Å².